The molecule has 0 unspecified atom stereocenters. The number of hydrogen-bond donors (Lipinski definition) is 0. The molecule has 0 atom stereocenters. The lowest BCUT2D eigenvalue weighted by atomic mass is 9.76. The van der Waals surface area contributed by atoms with Crippen LogP contribution in [-0.4, -0.2) is 0 Å². The topological polar surface area (TPSA) is 0 Å². The molecule has 16 heavy (non-hydrogen) atoms. The van der Waals surface area contributed by atoms with Crippen molar-refractivity contribution >= 4 is 0 Å². The third kappa shape index (κ3) is 1.05. The summed E-state index contributed by atoms with van der Waals surface area (Å²) in [6, 6.07) is 13.6. The van der Waals surface area contributed by atoms with E-state index in [1.165, 1.54) is 24.0 Å². The molecule has 0 heterocycles. The van der Waals surface area contributed by atoms with Crippen molar-refractivity contribution in [3.05, 3.63) is 69.8 Å². The van der Waals surface area contributed by atoms with Crippen LogP contribution in [0.3, 0.4) is 0 Å². The summed E-state index contributed by atoms with van der Waals surface area (Å²) in [6.07, 6.45) is 4.90. The molecule has 0 saturated carbocycles. The van der Waals surface area contributed by atoms with Crippen molar-refractivity contribution in [3.63, 3.8) is 0 Å². The summed E-state index contributed by atoms with van der Waals surface area (Å²) in [5, 5.41) is 0. The molecular weight excluding hydrogens is 192 g/mol. The summed E-state index contributed by atoms with van der Waals surface area (Å²) in [5.74, 6) is 0. The van der Waals surface area contributed by atoms with Crippen molar-refractivity contribution < 1.29 is 0 Å². The van der Waals surface area contributed by atoms with Crippen LogP contribution in [0.2, 0.25) is 0 Å². The van der Waals surface area contributed by atoms with Gasteiger partial charge in [0, 0.05) is 0 Å². The number of aryl methyl sites for hydroxylation is 1. The quantitative estimate of drug-likeness (QED) is 0.529. The number of benzene rings is 2. The van der Waals surface area contributed by atoms with Crippen LogP contribution in [0.4, 0.5) is 0 Å². The normalized spacial score (nSPS) is 15.8. The second-order valence-electron chi connectivity index (χ2n) is 4.96. The standard InChI is InChI=1S/C16H14/c1-2-4-13-10-16-14(9-12(13)3-1)6-5-11-7-8-15(11)16/h1-6H,7-10H2. The first-order valence-electron chi connectivity index (χ1n) is 6.11. The third-order valence-electron chi connectivity index (χ3n) is 4.14. The fraction of sp³-hybridized carbons (Fsp3) is 0.250. The van der Waals surface area contributed by atoms with Gasteiger partial charge < -0.3 is 0 Å². The lowest BCUT2D eigenvalue weighted by Crippen LogP contribution is -2.17. The highest BCUT2D eigenvalue weighted by atomic mass is 14.3. The molecule has 0 bridgehead atoms. The molecule has 0 aromatic heterocycles. The van der Waals surface area contributed by atoms with E-state index in [2.05, 4.69) is 36.4 Å². The Balaban J connectivity index is 1.90. The SMILES string of the molecule is c1ccc2c(c1)Cc1ccc3c(c1C2)CC3. The smallest absolute Gasteiger partial charge is 0.00172 e. The lowest BCUT2D eigenvalue weighted by molar-refractivity contribution is 0.802. The zero-order chi connectivity index (χ0) is 10.5. The van der Waals surface area contributed by atoms with E-state index in [1.807, 2.05) is 0 Å². The van der Waals surface area contributed by atoms with Crippen molar-refractivity contribution in [3.8, 4) is 0 Å². The van der Waals surface area contributed by atoms with Crippen LogP contribution in [0.25, 0.3) is 0 Å². The van der Waals surface area contributed by atoms with Crippen LogP contribution < -0.4 is 0 Å². The molecule has 2 aromatic carbocycles. The minimum absolute atomic E-state index is 1.14. The van der Waals surface area contributed by atoms with Crippen molar-refractivity contribution in [1.29, 1.82) is 0 Å². The number of fused-ring (bicyclic) bond motifs is 4. The highest BCUT2D eigenvalue weighted by Gasteiger charge is 2.23. The predicted octanol–water partition coefficient (Wildman–Crippen LogP) is 3.28. The second-order valence-corrected chi connectivity index (χ2v) is 4.96. The second kappa shape index (κ2) is 2.98. The summed E-state index contributed by atoms with van der Waals surface area (Å²) in [7, 11) is 0. The maximum Gasteiger partial charge on any atom is -0.00172 e. The van der Waals surface area contributed by atoms with E-state index < -0.39 is 0 Å². The molecule has 0 radical (unpaired) electrons. The molecule has 0 amide bonds. The summed E-state index contributed by atoms with van der Waals surface area (Å²) < 4.78 is 0. The maximum atomic E-state index is 2.35. The average molecular weight is 206 g/mol. The van der Waals surface area contributed by atoms with Gasteiger partial charge in [-0.05, 0) is 59.1 Å². The van der Waals surface area contributed by atoms with Crippen LogP contribution in [0.5, 0.6) is 0 Å². The van der Waals surface area contributed by atoms with Crippen molar-refractivity contribution in [1.82, 2.24) is 0 Å². The van der Waals surface area contributed by atoms with Crippen LogP contribution in [-0.2, 0) is 25.7 Å². The van der Waals surface area contributed by atoms with E-state index in [-0.39, 0.29) is 0 Å². The van der Waals surface area contributed by atoms with Gasteiger partial charge in [-0.3, -0.25) is 0 Å². The van der Waals surface area contributed by atoms with E-state index in [9.17, 15) is 0 Å². The van der Waals surface area contributed by atoms with Crippen LogP contribution >= 0.6 is 0 Å². The largest absolute Gasteiger partial charge is 0.0620 e. The molecule has 0 heteroatoms. The fourth-order valence-corrected chi connectivity index (χ4v) is 3.10. The Morgan fingerprint density at radius 3 is 2.06 bits per heavy atom. The van der Waals surface area contributed by atoms with Crippen molar-refractivity contribution in [2.24, 2.45) is 0 Å². The number of rotatable bonds is 0. The van der Waals surface area contributed by atoms with Gasteiger partial charge in [-0.2, -0.15) is 0 Å². The van der Waals surface area contributed by atoms with Gasteiger partial charge in [-0.15, -0.1) is 0 Å². The summed E-state index contributed by atoms with van der Waals surface area (Å²) in [4.78, 5) is 0. The Kier molecular flexibility index (Phi) is 1.59. The third-order valence-corrected chi connectivity index (χ3v) is 4.14. The Hall–Kier alpha value is -1.56. The summed E-state index contributed by atoms with van der Waals surface area (Å²) in [6.45, 7) is 0. The zero-order valence-electron chi connectivity index (χ0n) is 9.29. The molecule has 0 fully saturated rings. The van der Waals surface area contributed by atoms with Crippen LogP contribution in [0, 0.1) is 0 Å². The van der Waals surface area contributed by atoms with Gasteiger partial charge in [0.15, 0.2) is 0 Å². The Labute approximate surface area is 95.9 Å². The lowest BCUT2D eigenvalue weighted by Gasteiger charge is -2.29. The Morgan fingerprint density at radius 1 is 0.562 bits per heavy atom. The molecular formula is C16H14. The van der Waals surface area contributed by atoms with Crippen molar-refractivity contribution in [2.75, 3.05) is 0 Å². The Morgan fingerprint density at radius 2 is 1.31 bits per heavy atom. The van der Waals surface area contributed by atoms with Crippen LogP contribution in [0.1, 0.15) is 33.4 Å². The van der Waals surface area contributed by atoms with E-state index >= 15 is 0 Å². The first-order chi connectivity index (χ1) is 7.92. The Bertz CT molecular complexity index is 579. The molecule has 0 nitrogen and oxygen atoms in total. The molecule has 78 valence electrons. The minimum atomic E-state index is 1.14. The molecule has 0 saturated heterocycles. The first-order valence-corrected chi connectivity index (χ1v) is 6.11. The molecule has 2 aliphatic rings. The molecule has 0 aliphatic heterocycles. The molecule has 4 rings (SSSR count). The maximum absolute atomic E-state index is 2.35. The summed E-state index contributed by atoms with van der Waals surface area (Å²) >= 11 is 0. The monoisotopic (exact) mass is 206 g/mol. The van der Waals surface area contributed by atoms with E-state index in [1.54, 1.807) is 22.3 Å². The van der Waals surface area contributed by atoms with Gasteiger partial charge in [0.1, 0.15) is 0 Å². The van der Waals surface area contributed by atoms with E-state index in [0.717, 1.165) is 12.8 Å². The predicted molar refractivity (Wildman–Crippen MR) is 65.9 cm³/mol. The number of hydrogen-bond acceptors (Lipinski definition) is 0. The zero-order valence-corrected chi connectivity index (χ0v) is 9.29. The molecule has 0 N–H and O–H groups in total. The van der Waals surface area contributed by atoms with Gasteiger partial charge in [0.05, 0.1) is 0 Å². The van der Waals surface area contributed by atoms with Gasteiger partial charge in [0.2, 0.25) is 0 Å². The highest BCUT2D eigenvalue weighted by molar-refractivity contribution is 5.53. The van der Waals surface area contributed by atoms with Gasteiger partial charge >= 0.3 is 0 Å². The summed E-state index contributed by atoms with van der Waals surface area (Å²) in [5.41, 5.74) is 9.52. The van der Waals surface area contributed by atoms with Gasteiger partial charge in [-0.25, -0.2) is 0 Å². The first kappa shape index (κ1) is 8.58. The molecule has 0 spiro atoms. The van der Waals surface area contributed by atoms with Gasteiger partial charge in [-0.1, -0.05) is 36.4 Å². The molecule has 2 aliphatic carbocycles. The highest BCUT2D eigenvalue weighted by Crippen LogP contribution is 2.35. The fourth-order valence-electron chi connectivity index (χ4n) is 3.10. The van der Waals surface area contributed by atoms with Gasteiger partial charge in [0.25, 0.3) is 0 Å². The average Bonchev–Trinajstić information content (AvgIpc) is 2.27. The van der Waals surface area contributed by atoms with E-state index in [4.69, 9.17) is 0 Å². The minimum Gasteiger partial charge on any atom is -0.0620 e. The van der Waals surface area contributed by atoms with Crippen molar-refractivity contribution in [2.45, 2.75) is 25.7 Å². The van der Waals surface area contributed by atoms with E-state index in [0.29, 0.717) is 0 Å². The van der Waals surface area contributed by atoms with Crippen LogP contribution in [0.15, 0.2) is 36.4 Å². The molecule has 2 aromatic rings.